The summed E-state index contributed by atoms with van der Waals surface area (Å²) in [5, 5.41) is 0. The van der Waals surface area contributed by atoms with Crippen molar-refractivity contribution in [2.75, 3.05) is 6.54 Å². The zero-order chi connectivity index (χ0) is 21.4. The molecule has 1 aliphatic rings. The normalized spacial score (nSPS) is 17.7. The van der Waals surface area contributed by atoms with E-state index in [1.54, 1.807) is 19.2 Å². The topological polar surface area (TPSA) is 65.1 Å². The Hall–Kier alpha value is -2.74. The predicted molar refractivity (Wildman–Crippen MR) is 114 cm³/mol. The standard InChI is InChI=1S/C22H28FN5O2/c1-4-17-7-5-6-12-27(17)14-18-24-20-19(21(29)26(3)22(30)25(20)2)28(18)13-15-8-10-16(23)11-9-15/h8-11,17H,4-7,12-14H2,1-3H3/t17-/m1/s1. The van der Waals surface area contributed by atoms with Crippen molar-refractivity contribution in [3.8, 4) is 0 Å². The van der Waals surface area contributed by atoms with Gasteiger partial charge in [0.1, 0.15) is 11.6 Å². The summed E-state index contributed by atoms with van der Waals surface area (Å²) in [6.07, 6.45) is 4.61. The summed E-state index contributed by atoms with van der Waals surface area (Å²) < 4.78 is 17.8. The van der Waals surface area contributed by atoms with Crippen molar-refractivity contribution in [2.24, 2.45) is 14.1 Å². The van der Waals surface area contributed by atoms with E-state index >= 15 is 0 Å². The molecule has 4 rings (SSSR count). The summed E-state index contributed by atoms with van der Waals surface area (Å²) in [4.78, 5) is 32.6. The molecule has 3 aromatic rings. The summed E-state index contributed by atoms with van der Waals surface area (Å²) in [7, 11) is 3.12. The van der Waals surface area contributed by atoms with E-state index < -0.39 is 5.69 Å². The fraction of sp³-hybridized carbons (Fsp3) is 0.500. The Morgan fingerprint density at radius 3 is 2.50 bits per heavy atom. The minimum Gasteiger partial charge on any atom is -0.317 e. The fourth-order valence-corrected chi connectivity index (χ4v) is 4.47. The average Bonchev–Trinajstić information content (AvgIpc) is 3.10. The highest BCUT2D eigenvalue weighted by atomic mass is 19.1. The predicted octanol–water partition coefficient (Wildman–Crippen LogP) is 2.39. The SMILES string of the molecule is CC[C@@H]1CCCCN1Cc1nc2c(c(=O)n(C)c(=O)n2C)n1Cc1ccc(F)cc1. The van der Waals surface area contributed by atoms with E-state index in [9.17, 15) is 14.0 Å². The van der Waals surface area contributed by atoms with Crippen molar-refractivity contribution in [3.05, 3.63) is 62.3 Å². The number of aromatic nitrogens is 4. The van der Waals surface area contributed by atoms with E-state index in [-0.39, 0.29) is 11.4 Å². The van der Waals surface area contributed by atoms with Crippen LogP contribution in [0.1, 0.15) is 44.0 Å². The molecule has 8 heteroatoms. The summed E-state index contributed by atoms with van der Waals surface area (Å²) in [6, 6.07) is 6.75. The molecule has 1 fully saturated rings. The Morgan fingerprint density at radius 1 is 1.07 bits per heavy atom. The fourth-order valence-electron chi connectivity index (χ4n) is 4.47. The van der Waals surface area contributed by atoms with Crippen LogP contribution in [-0.2, 0) is 27.2 Å². The van der Waals surface area contributed by atoms with Gasteiger partial charge in [-0.05, 0) is 43.5 Å². The monoisotopic (exact) mass is 413 g/mol. The van der Waals surface area contributed by atoms with Gasteiger partial charge in [0.15, 0.2) is 11.2 Å². The van der Waals surface area contributed by atoms with E-state index in [0.29, 0.717) is 30.3 Å². The first-order chi connectivity index (χ1) is 14.4. The number of rotatable bonds is 5. The summed E-state index contributed by atoms with van der Waals surface area (Å²) in [5.41, 5.74) is 0.919. The number of benzene rings is 1. The lowest BCUT2D eigenvalue weighted by molar-refractivity contribution is 0.131. The zero-order valence-electron chi connectivity index (χ0n) is 17.8. The quantitative estimate of drug-likeness (QED) is 0.644. The van der Waals surface area contributed by atoms with E-state index in [4.69, 9.17) is 4.98 Å². The zero-order valence-corrected chi connectivity index (χ0v) is 17.8. The van der Waals surface area contributed by atoms with E-state index in [1.165, 1.54) is 30.2 Å². The smallest absolute Gasteiger partial charge is 0.317 e. The largest absolute Gasteiger partial charge is 0.332 e. The van der Waals surface area contributed by atoms with Crippen LogP contribution in [0.15, 0.2) is 33.9 Å². The molecule has 0 N–H and O–H groups in total. The molecule has 0 bridgehead atoms. The van der Waals surface area contributed by atoms with Gasteiger partial charge in [-0.2, -0.15) is 0 Å². The third-order valence-electron chi connectivity index (χ3n) is 6.25. The van der Waals surface area contributed by atoms with Gasteiger partial charge >= 0.3 is 5.69 Å². The lowest BCUT2D eigenvalue weighted by Gasteiger charge is -2.34. The number of likely N-dealkylation sites (tertiary alicyclic amines) is 1. The van der Waals surface area contributed by atoms with Crippen LogP contribution >= 0.6 is 0 Å². The van der Waals surface area contributed by atoms with E-state index in [0.717, 1.165) is 41.8 Å². The molecule has 0 unspecified atom stereocenters. The molecule has 160 valence electrons. The highest BCUT2D eigenvalue weighted by molar-refractivity contribution is 5.71. The number of imidazole rings is 1. The van der Waals surface area contributed by atoms with Crippen LogP contribution in [0.5, 0.6) is 0 Å². The van der Waals surface area contributed by atoms with Crippen molar-refractivity contribution in [2.45, 2.75) is 51.7 Å². The molecular weight excluding hydrogens is 385 g/mol. The Morgan fingerprint density at radius 2 is 1.80 bits per heavy atom. The molecule has 0 saturated carbocycles. The van der Waals surface area contributed by atoms with Gasteiger partial charge < -0.3 is 4.57 Å². The number of aryl methyl sites for hydroxylation is 1. The molecule has 0 spiro atoms. The Kier molecular flexibility index (Phi) is 5.60. The van der Waals surface area contributed by atoms with Gasteiger partial charge in [-0.15, -0.1) is 0 Å². The molecule has 1 aromatic carbocycles. The molecular formula is C22H28FN5O2. The number of nitrogens with zero attached hydrogens (tertiary/aromatic N) is 5. The third-order valence-corrected chi connectivity index (χ3v) is 6.25. The first kappa shape index (κ1) is 20.5. The third kappa shape index (κ3) is 3.60. The van der Waals surface area contributed by atoms with Gasteiger partial charge in [0.25, 0.3) is 5.56 Å². The first-order valence-electron chi connectivity index (χ1n) is 10.5. The Labute approximate surface area is 174 Å². The second-order valence-corrected chi connectivity index (χ2v) is 8.15. The van der Waals surface area contributed by atoms with Crippen LogP contribution in [0.4, 0.5) is 4.39 Å². The molecule has 0 radical (unpaired) electrons. The highest BCUT2D eigenvalue weighted by Crippen LogP contribution is 2.23. The maximum atomic E-state index is 13.4. The lowest BCUT2D eigenvalue weighted by atomic mass is 10.00. The first-order valence-corrected chi connectivity index (χ1v) is 10.5. The number of fused-ring (bicyclic) bond motifs is 1. The Bertz CT molecular complexity index is 1180. The minimum absolute atomic E-state index is 0.299. The Balaban J connectivity index is 1.86. The number of hydrogen-bond acceptors (Lipinski definition) is 4. The van der Waals surface area contributed by atoms with E-state index in [1.807, 2.05) is 4.57 Å². The number of halogens is 1. The number of piperidine rings is 1. The minimum atomic E-state index is -0.394. The summed E-state index contributed by atoms with van der Waals surface area (Å²) >= 11 is 0. The van der Waals surface area contributed by atoms with Crippen LogP contribution in [-0.4, -0.2) is 36.2 Å². The molecule has 2 aromatic heterocycles. The maximum absolute atomic E-state index is 13.4. The second kappa shape index (κ2) is 8.18. The molecule has 1 atom stereocenters. The number of hydrogen-bond donors (Lipinski definition) is 0. The van der Waals surface area contributed by atoms with E-state index in [2.05, 4.69) is 11.8 Å². The van der Waals surface area contributed by atoms with Gasteiger partial charge in [-0.3, -0.25) is 18.8 Å². The van der Waals surface area contributed by atoms with Gasteiger partial charge in [-0.25, -0.2) is 14.2 Å². The second-order valence-electron chi connectivity index (χ2n) is 8.15. The molecule has 7 nitrogen and oxygen atoms in total. The van der Waals surface area contributed by atoms with Gasteiger partial charge in [0.05, 0.1) is 6.54 Å². The van der Waals surface area contributed by atoms with Crippen molar-refractivity contribution < 1.29 is 4.39 Å². The van der Waals surface area contributed by atoms with Crippen LogP contribution in [0, 0.1) is 5.82 Å². The van der Waals surface area contributed by atoms with Crippen LogP contribution in [0.25, 0.3) is 11.2 Å². The van der Waals surface area contributed by atoms with Crippen molar-refractivity contribution in [1.29, 1.82) is 0 Å². The molecule has 0 amide bonds. The van der Waals surface area contributed by atoms with Crippen molar-refractivity contribution in [1.82, 2.24) is 23.6 Å². The molecule has 1 aliphatic heterocycles. The lowest BCUT2D eigenvalue weighted by Crippen LogP contribution is -2.39. The van der Waals surface area contributed by atoms with Crippen molar-refractivity contribution >= 4 is 11.2 Å². The maximum Gasteiger partial charge on any atom is 0.332 e. The molecule has 0 aliphatic carbocycles. The average molecular weight is 413 g/mol. The molecule has 1 saturated heterocycles. The van der Waals surface area contributed by atoms with Crippen molar-refractivity contribution in [3.63, 3.8) is 0 Å². The van der Waals surface area contributed by atoms with Crippen LogP contribution in [0.3, 0.4) is 0 Å². The summed E-state index contributed by atoms with van der Waals surface area (Å²) in [6.45, 7) is 4.20. The van der Waals surface area contributed by atoms with Crippen LogP contribution in [0.2, 0.25) is 0 Å². The molecule has 3 heterocycles. The van der Waals surface area contributed by atoms with Gasteiger partial charge in [-0.1, -0.05) is 25.5 Å². The summed E-state index contributed by atoms with van der Waals surface area (Å²) in [5.74, 6) is 0.458. The van der Waals surface area contributed by atoms with Crippen LogP contribution < -0.4 is 11.2 Å². The van der Waals surface area contributed by atoms with Gasteiger partial charge in [0, 0.05) is 26.7 Å². The molecule has 30 heavy (non-hydrogen) atoms. The highest BCUT2D eigenvalue weighted by Gasteiger charge is 2.25. The van der Waals surface area contributed by atoms with Gasteiger partial charge in [0.2, 0.25) is 0 Å².